The van der Waals surface area contributed by atoms with Crippen LogP contribution in [0.3, 0.4) is 0 Å². The van der Waals surface area contributed by atoms with Crippen molar-refractivity contribution in [1.29, 1.82) is 0 Å². The molecule has 1 amide bonds. The summed E-state index contributed by atoms with van der Waals surface area (Å²) in [5.74, 6) is -1.09. The lowest BCUT2D eigenvalue weighted by Gasteiger charge is -2.08. The molecular weight excluding hydrogens is 440 g/mol. The molecule has 14 heteroatoms. The first-order valence-corrected chi connectivity index (χ1v) is 9.17. The maximum atomic E-state index is 13.4. The van der Waals surface area contributed by atoms with Crippen molar-refractivity contribution in [1.82, 2.24) is 24.5 Å². The van der Waals surface area contributed by atoms with Crippen molar-refractivity contribution >= 4 is 22.2 Å². The summed E-state index contributed by atoms with van der Waals surface area (Å²) >= 11 is 0.0939. The van der Waals surface area contributed by atoms with Crippen LogP contribution in [0.2, 0.25) is 0 Å². The van der Waals surface area contributed by atoms with E-state index in [2.05, 4.69) is 15.4 Å². The van der Waals surface area contributed by atoms with E-state index < -0.39 is 45.0 Å². The molecular formula is C16H13F6N5O2S. The number of amides is 1. The lowest BCUT2D eigenvalue weighted by atomic mass is 10.3. The summed E-state index contributed by atoms with van der Waals surface area (Å²) in [6.45, 7) is 2.52. The molecule has 0 atom stereocenters. The number of halogens is 6. The number of nitrogens with one attached hydrogen (secondary N) is 1. The van der Waals surface area contributed by atoms with Crippen molar-refractivity contribution in [2.24, 2.45) is 0 Å². The van der Waals surface area contributed by atoms with Gasteiger partial charge in [-0.05, 0) is 19.9 Å². The van der Waals surface area contributed by atoms with Crippen molar-refractivity contribution in [3.05, 3.63) is 50.1 Å². The molecule has 1 N–H and O–H groups in total. The van der Waals surface area contributed by atoms with E-state index in [-0.39, 0.29) is 35.8 Å². The van der Waals surface area contributed by atoms with Gasteiger partial charge in [0.05, 0.1) is 12.2 Å². The van der Waals surface area contributed by atoms with Crippen LogP contribution in [0.25, 0.3) is 4.96 Å². The zero-order chi connectivity index (χ0) is 22.4. The Bertz CT molecular complexity index is 1170. The topological polar surface area (TPSA) is 81.3 Å². The monoisotopic (exact) mass is 453 g/mol. The minimum atomic E-state index is -4.91. The molecule has 0 fully saturated rings. The van der Waals surface area contributed by atoms with E-state index in [1.54, 1.807) is 0 Å². The van der Waals surface area contributed by atoms with E-state index in [4.69, 9.17) is 0 Å². The van der Waals surface area contributed by atoms with Crippen molar-refractivity contribution < 1.29 is 31.1 Å². The second-order valence-corrected chi connectivity index (χ2v) is 7.14. The Kier molecular flexibility index (Phi) is 5.39. The molecule has 0 saturated heterocycles. The van der Waals surface area contributed by atoms with E-state index in [0.717, 1.165) is 16.8 Å². The molecule has 0 saturated carbocycles. The third-order valence-corrected chi connectivity index (χ3v) is 5.05. The molecule has 0 radical (unpaired) electrons. The first-order valence-electron chi connectivity index (χ1n) is 8.35. The Morgan fingerprint density at radius 1 is 1.17 bits per heavy atom. The Morgan fingerprint density at radius 2 is 1.83 bits per heavy atom. The highest BCUT2D eigenvalue weighted by Gasteiger charge is 2.40. The lowest BCUT2D eigenvalue weighted by Crippen LogP contribution is -2.30. The van der Waals surface area contributed by atoms with Crippen molar-refractivity contribution in [3.8, 4) is 0 Å². The van der Waals surface area contributed by atoms with E-state index in [1.807, 2.05) is 0 Å². The van der Waals surface area contributed by atoms with Crippen LogP contribution in [0.4, 0.5) is 26.3 Å². The fourth-order valence-electron chi connectivity index (χ4n) is 2.71. The minimum absolute atomic E-state index is 0.0356. The SMILES string of the molecule is CCNC(=O)c1c(C(F)(F)F)sc2nc(Cn3nc(C(F)(F)F)cc3C)cc(=O)n12. The quantitative estimate of drug-likeness (QED) is 0.616. The normalized spacial score (nSPS) is 12.5. The molecule has 0 spiro atoms. The number of thiazole rings is 1. The number of carbonyl (C=O) groups is 1. The third kappa shape index (κ3) is 4.04. The molecule has 0 aromatic carbocycles. The van der Waals surface area contributed by atoms with E-state index in [1.165, 1.54) is 13.8 Å². The Hall–Kier alpha value is -2.90. The largest absolute Gasteiger partial charge is 0.435 e. The van der Waals surface area contributed by atoms with Gasteiger partial charge in [0.25, 0.3) is 11.5 Å². The van der Waals surface area contributed by atoms with Gasteiger partial charge in [-0.15, -0.1) is 0 Å². The van der Waals surface area contributed by atoms with Crippen LogP contribution in [-0.4, -0.2) is 31.6 Å². The van der Waals surface area contributed by atoms with Gasteiger partial charge < -0.3 is 5.32 Å². The number of hydrogen-bond donors (Lipinski definition) is 1. The van der Waals surface area contributed by atoms with Gasteiger partial charge in [-0.25, -0.2) is 9.38 Å². The van der Waals surface area contributed by atoms with Gasteiger partial charge in [0.15, 0.2) is 10.7 Å². The van der Waals surface area contributed by atoms with Crippen LogP contribution in [-0.2, 0) is 18.9 Å². The fraction of sp³-hybridized carbons (Fsp3) is 0.375. The number of aromatic nitrogens is 4. The standard InChI is InChI=1S/C16H13F6N5O2S/c1-3-23-13(29)11-12(16(20,21)22)30-14-24-8(5-10(28)27(11)14)6-26-7(2)4-9(25-26)15(17,18)19/h4-5H,3,6H2,1-2H3,(H,23,29). The van der Waals surface area contributed by atoms with Crippen LogP contribution in [0.15, 0.2) is 16.9 Å². The molecule has 7 nitrogen and oxygen atoms in total. The first-order chi connectivity index (χ1) is 13.8. The van der Waals surface area contributed by atoms with Crippen molar-refractivity contribution in [3.63, 3.8) is 0 Å². The zero-order valence-electron chi connectivity index (χ0n) is 15.4. The van der Waals surface area contributed by atoms with Gasteiger partial charge in [0.1, 0.15) is 10.6 Å². The maximum Gasteiger partial charge on any atom is 0.435 e. The molecule has 0 aliphatic carbocycles. The molecule has 162 valence electrons. The fourth-order valence-corrected chi connectivity index (χ4v) is 3.72. The van der Waals surface area contributed by atoms with Gasteiger partial charge in [-0.3, -0.25) is 14.3 Å². The molecule has 30 heavy (non-hydrogen) atoms. The summed E-state index contributed by atoms with van der Waals surface area (Å²) in [6, 6.07) is 1.66. The summed E-state index contributed by atoms with van der Waals surface area (Å²) in [5.41, 5.74) is -2.98. The molecule has 0 aliphatic rings. The Labute approximate surface area is 168 Å². The van der Waals surface area contributed by atoms with Crippen LogP contribution in [0.1, 0.15) is 39.4 Å². The third-order valence-electron chi connectivity index (χ3n) is 3.97. The second-order valence-electron chi connectivity index (χ2n) is 6.17. The van der Waals surface area contributed by atoms with Crippen LogP contribution in [0.5, 0.6) is 0 Å². The van der Waals surface area contributed by atoms with Gasteiger partial charge in [0, 0.05) is 18.3 Å². The molecule has 3 heterocycles. The van der Waals surface area contributed by atoms with Gasteiger partial charge >= 0.3 is 12.4 Å². The summed E-state index contributed by atoms with van der Waals surface area (Å²) < 4.78 is 80.1. The van der Waals surface area contributed by atoms with Gasteiger partial charge in [-0.2, -0.15) is 31.4 Å². The minimum Gasteiger partial charge on any atom is -0.351 e. The highest BCUT2D eigenvalue weighted by Crippen LogP contribution is 2.37. The summed E-state index contributed by atoms with van der Waals surface area (Å²) in [6.07, 6.45) is -9.59. The number of carbonyl (C=O) groups excluding carboxylic acids is 1. The average molecular weight is 453 g/mol. The highest BCUT2D eigenvalue weighted by atomic mass is 32.1. The predicted octanol–water partition coefficient (Wildman–Crippen LogP) is 3.10. The van der Waals surface area contributed by atoms with Crippen LogP contribution >= 0.6 is 11.3 Å². The molecule has 0 aliphatic heterocycles. The predicted molar refractivity (Wildman–Crippen MR) is 93.4 cm³/mol. The number of hydrogen-bond acceptors (Lipinski definition) is 5. The zero-order valence-corrected chi connectivity index (χ0v) is 16.2. The molecule has 3 aromatic heterocycles. The van der Waals surface area contributed by atoms with Crippen molar-refractivity contribution in [2.45, 2.75) is 32.7 Å². The average Bonchev–Trinajstić information content (AvgIpc) is 3.16. The molecule has 0 bridgehead atoms. The number of nitrogens with zero attached hydrogens (tertiary/aromatic N) is 4. The Balaban J connectivity index is 2.12. The highest BCUT2D eigenvalue weighted by molar-refractivity contribution is 7.17. The summed E-state index contributed by atoms with van der Waals surface area (Å²) in [7, 11) is 0. The molecule has 0 unspecified atom stereocenters. The van der Waals surface area contributed by atoms with Crippen LogP contribution in [0, 0.1) is 6.92 Å². The van der Waals surface area contributed by atoms with E-state index >= 15 is 0 Å². The van der Waals surface area contributed by atoms with E-state index in [9.17, 15) is 35.9 Å². The molecule has 3 rings (SSSR count). The lowest BCUT2D eigenvalue weighted by molar-refractivity contribution is -0.141. The van der Waals surface area contributed by atoms with E-state index in [0.29, 0.717) is 4.40 Å². The number of fused-ring (bicyclic) bond motifs is 1. The van der Waals surface area contributed by atoms with Gasteiger partial charge in [0.2, 0.25) is 0 Å². The summed E-state index contributed by atoms with van der Waals surface area (Å²) in [5, 5.41) is 5.62. The number of aryl methyl sites for hydroxylation is 1. The molecule has 3 aromatic rings. The first kappa shape index (κ1) is 21.8. The number of rotatable bonds is 4. The van der Waals surface area contributed by atoms with Crippen LogP contribution < -0.4 is 10.9 Å². The number of alkyl halides is 6. The van der Waals surface area contributed by atoms with Gasteiger partial charge in [-0.1, -0.05) is 11.3 Å². The second kappa shape index (κ2) is 7.41. The Morgan fingerprint density at radius 3 is 2.37 bits per heavy atom. The van der Waals surface area contributed by atoms with Crippen molar-refractivity contribution in [2.75, 3.05) is 6.54 Å². The smallest absolute Gasteiger partial charge is 0.351 e. The summed E-state index contributed by atoms with van der Waals surface area (Å²) in [4.78, 5) is 26.9. The maximum absolute atomic E-state index is 13.4.